The van der Waals surface area contributed by atoms with Crippen LogP contribution in [0.3, 0.4) is 0 Å². The van der Waals surface area contributed by atoms with E-state index in [1.807, 2.05) is 0 Å². The Bertz CT molecular complexity index is 828. The first-order valence-corrected chi connectivity index (χ1v) is 8.43. The molecule has 8 heteroatoms. The van der Waals surface area contributed by atoms with Gasteiger partial charge >= 0.3 is 6.18 Å². The van der Waals surface area contributed by atoms with E-state index in [4.69, 9.17) is 5.73 Å². The molecule has 2 aromatic rings. The van der Waals surface area contributed by atoms with E-state index in [1.54, 1.807) is 24.8 Å². The Balaban J connectivity index is 1.88. The van der Waals surface area contributed by atoms with Crippen LogP contribution < -0.4 is 5.73 Å². The summed E-state index contributed by atoms with van der Waals surface area (Å²) in [4.78, 5) is 14.2. The van der Waals surface area contributed by atoms with Crippen LogP contribution in [0, 0.1) is 13.8 Å². The van der Waals surface area contributed by atoms with Crippen LogP contribution in [0.4, 0.5) is 13.2 Å². The van der Waals surface area contributed by atoms with Crippen LogP contribution in [0.5, 0.6) is 0 Å². The minimum atomic E-state index is -4.42. The monoisotopic (exact) mass is 366 g/mol. The third-order valence-corrected chi connectivity index (χ3v) is 4.76. The molecule has 1 aliphatic heterocycles. The van der Waals surface area contributed by atoms with Gasteiger partial charge in [0.2, 0.25) is 5.91 Å². The molecule has 2 N–H and O–H groups in total. The van der Waals surface area contributed by atoms with Crippen LogP contribution in [0.2, 0.25) is 0 Å². The molecule has 0 unspecified atom stereocenters. The molecule has 1 atom stereocenters. The topological polar surface area (TPSA) is 64.2 Å². The van der Waals surface area contributed by atoms with Crippen molar-refractivity contribution in [2.24, 2.45) is 5.73 Å². The summed E-state index contributed by atoms with van der Waals surface area (Å²) in [7, 11) is 0. The fourth-order valence-corrected chi connectivity index (χ4v) is 3.27. The molecule has 1 fully saturated rings. The molecule has 2 heterocycles. The summed E-state index contributed by atoms with van der Waals surface area (Å²) < 4.78 is 40.3. The maximum absolute atomic E-state index is 13.0. The molecule has 1 aromatic heterocycles. The number of alkyl halides is 3. The molecule has 26 heavy (non-hydrogen) atoms. The van der Waals surface area contributed by atoms with Gasteiger partial charge in [0, 0.05) is 30.4 Å². The number of aromatic nitrogens is 2. The van der Waals surface area contributed by atoms with Crippen molar-refractivity contribution in [3.63, 3.8) is 0 Å². The van der Waals surface area contributed by atoms with E-state index in [9.17, 15) is 18.0 Å². The van der Waals surface area contributed by atoms with E-state index < -0.39 is 11.7 Å². The molecule has 1 saturated heterocycles. The second-order valence-corrected chi connectivity index (χ2v) is 6.67. The van der Waals surface area contributed by atoms with Crippen LogP contribution in [-0.4, -0.2) is 39.7 Å². The predicted molar refractivity (Wildman–Crippen MR) is 90.9 cm³/mol. The van der Waals surface area contributed by atoms with Gasteiger partial charge < -0.3 is 10.6 Å². The number of nitrogens with zero attached hydrogens (tertiary/aromatic N) is 3. The minimum absolute atomic E-state index is 0.00831. The molecule has 5 nitrogen and oxygen atoms in total. The van der Waals surface area contributed by atoms with Gasteiger partial charge in [0.05, 0.1) is 23.4 Å². The highest BCUT2D eigenvalue weighted by Crippen LogP contribution is 2.31. The van der Waals surface area contributed by atoms with E-state index in [1.165, 1.54) is 10.7 Å². The molecule has 140 valence electrons. The molecule has 0 saturated carbocycles. The highest BCUT2D eigenvalue weighted by Gasteiger charge is 2.31. The van der Waals surface area contributed by atoms with Crippen molar-refractivity contribution in [3.05, 3.63) is 46.8 Å². The highest BCUT2D eigenvalue weighted by molar-refractivity contribution is 5.79. The average molecular weight is 366 g/mol. The minimum Gasteiger partial charge on any atom is -0.341 e. The molecule has 1 aromatic carbocycles. The van der Waals surface area contributed by atoms with Crippen molar-refractivity contribution in [2.45, 2.75) is 38.9 Å². The Morgan fingerprint density at radius 3 is 2.69 bits per heavy atom. The lowest BCUT2D eigenvalue weighted by Gasteiger charge is -2.16. The average Bonchev–Trinajstić information content (AvgIpc) is 3.13. The zero-order chi connectivity index (χ0) is 19.1. The summed E-state index contributed by atoms with van der Waals surface area (Å²) in [5.74, 6) is -0.0345. The summed E-state index contributed by atoms with van der Waals surface area (Å²) in [5.41, 5.74) is 7.48. The second-order valence-electron chi connectivity index (χ2n) is 6.67. The van der Waals surface area contributed by atoms with E-state index in [0.29, 0.717) is 30.2 Å². The Morgan fingerprint density at radius 2 is 2.08 bits per heavy atom. The predicted octanol–water partition coefficient (Wildman–Crippen LogP) is 2.61. The van der Waals surface area contributed by atoms with Crippen molar-refractivity contribution >= 4 is 5.91 Å². The van der Waals surface area contributed by atoms with E-state index >= 15 is 0 Å². The van der Waals surface area contributed by atoms with Crippen molar-refractivity contribution < 1.29 is 18.0 Å². The number of hydrogen-bond donors (Lipinski definition) is 1. The van der Waals surface area contributed by atoms with Crippen molar-refractivity contribution in [2.75, 3.05) is 13.1 Å². The Morgan fingerprint density at radius 1 is 1.35 bits per heavy atom. The smallest absolute Gasteiger partial charge is 0.341 e. The molecule has 3 rings (SSSR count). The van der Waals surface area contributed by atoms with Crippen LogP contribution in [0.15, 0.2) is 24.3 Å². The fraction of sp³-hybridized carbons (Fsp3) is 0.444. The lowest BCUT2D eigenvalue weighted by molar-refractivity contribution is -0.137. The molecule has 1 aliphatic rings. The van der Waals surface area contributed by atoms with Gasteiger partial charge in [-0.3, -0.25) is 4.79 Å². The number of likely N-dealkylation sites (tertiary alicyclic amines) is 1. The van der Waals surface area contributed by atoms with E-state index in [-0.39, 0.29) is 18.4 Å². The SMILES string of the molecule is Cc1nn(-c2cccc(C(F)(F)F)c2)c(C)c1CC(=O)N1CC[C@H](N)C1. The molecule has 0 spiro atoms. The first kappa shape index (κ1) is 18.4. The summed E-state index contributed by atoms with van der Waals surface area (Å²) in [6.45, 7) is 4.70. The van der Waals surface area contributed by atoms with Crippen LogP contribution in [0.1, 0.15) is 28.9 Å². The van der Waals surface area contributed by atoms with Gasteiger partial charge in [-0.15, -0.1) is 0 Å². The second kappa shape index (κ2) is 6.75. The van der Waals surface area contributed by atoms with Gasteiger partial charge in [0.1, 0.15) is 0 Å². The lowest BCUT2D eigenvalue weighted by atomic mass is 10.1. The van der Waals surface area contributed by atoms with Gasteiger partial charge in [-0.2, -0.15) is 18.3 Å². The molecular formula is C18H21F3N4O. The first-order chi connectivity index (χ1) is 12.2. The van der Waals surface area contributed by atoms with Crippen LogP contribution in [-0.2, 0) is 17.4 Å². The maximum Gasteiger partial charge on any atom is 0.416 e. The number of carbonyl (C=O) groups is 1. The number of benzene rings is 1. The van der Waals surface area contributed by atoms with Crippen molar-refractivity contribution in [1.29, 1.82) is 0 Å². The van der Waals surface area contributed by atoms with Crippen LogP contribution in [0.25, 0.3) is 5.69 Å². The Hall–Kier alpha value is -2.35. The number of rotatable bonds is 3. The third-order valence-electron chi connectivity index (χ3n) is 4.76. The van der Waals surface area contributed by atoms with E-state index in [0.717, 1.165) is 24.1 Å². The first-order valence-electron chi connectivity index (χ1n) is 8.43. The van der Waals surface area contributed by atoms with Crippen molar-refractivity contribution in [1.82, 2.24) is 14.7 Å². The summed E-state index contributed by atoms with van der Waals surface area (Å²) in [6, 6.07) is 5.01. The largest absolute Gasteiger partial charge is 0.416 e. The standard InChI is InChI=1S/C18H21F3N4O/c1-11-16(9-17(26)24-7-6-14(22)10-24)12(2)25(23-11)15-5-3-4-13(8-15)18(19,20)21/h3-5,8,14H,6-7,9-10,22H2,1-2H3/t14-/m0/s1. The van der Waals surface area contributed by atoms with Crippen molar-refractivity contribution in [3.8, 4) is 5.69 Å². The normalized spacial score (nSPS) is 17.8. The van der Waals surface area contributed by atoms with Gasteiger partial charge in [-0.25, -0.2) is 4.68 Å². The van der Waals surface area contributed by atoms with Gasteiger partial charge in [-0.1, -0.05) is 6.07 Å². The molecule has 0 bridgehead atoms. The molecule has 1 amide bonds. The van der Waals surface area contributed by atoms with Gasteiger partial charge in [0.25, 0.3) is 0 Å². The molecular weight excluding hydrogens is 345 g/mol. The summed E-state index contributed by atoms with van der Waals surface area (Å²) in [6.07, 6.45) is -3.46. The highest BCUT2D eigenvalue weighted by atomic mass is 19.4. The number of aryl methyl sites for hydroxylation is 1. The molecule has 0 aliphatic carbocycles. The zero-order valence-corrected chi connectivity index (χ0v) is 14.7. The number of amides is 1. The van der Waals surface area contributed by atoms with Gasteiger partial charge in [0.15, 0.2) is 0 Å². The maximum atomic E-state index is 13.0. The zero-order valence-electron chi connectivity index (χ0n) is 14.7. The van der Waals surface area contributed by atoms with Gasteiger partial charge in [-0.05, 0) is 38.5 Å². The number of nitrogens with two attached hydrogens (primary N) is 1. The number of carbonyl (C=O) groups excluding carboxylic acids is 1. The fourth-order valence-electron chi connectivity index (χ4n) is 3.27. The quantitative estimate of drug-likeness (QED) is 0.908. The number of halogens is 3. The lowest BCUT2D eigenvalue weighted by Crippen LogP contribution is -2.33. The Labute approximate surface area is 149 Å². The van der Waals surface area contributed by atoms with Crippen LogP contribution >= 0.6 is 0 Å². The third kappa shape index (κ3) is 3.60. The number of hydrogen-bond acceptors (Lipinski definition) is 3. The Kier molecular flexibility index (Phi) is 4.79. The molecule has 0 radical (unpaired) electrons. The summed E-state index contributed by atoms with van der Waals surface area (Å²) >= 11 is 0. The van der Waals surface area contributed by atoms with E-state index in [2.05, 4.69) is 5.10 Å². The summed E-state index contributed by atoms with van der Waals surface area (Å²) in [5, 5.41) is 4.35.